The predicted molar refractivity (Wildman–Crippen MR) is 85.5 cm³/mol. The maximum Gasteiger partial charge on any atom is 0.201 e. The number of carbonyl (C=O) groups excluding carboxylic acids is 2. The van der Waals surface area contributed by atoms with Gasteiger partial charge in [-0.3, -0.25) is 9.59 Å². The van der Waals surface area contributed by atoms with Crippen LogP contribution < -0.4 is 0 Å². The SMILES string of the molecule is CC1Cc2cc(O)c3c(c2C(O)C1)C(=O)c1cccc(O)c1C3=O. The average Bonchev–Trinajstić information content (AvgIpc) is 2.50. The van der Waals surface area contributed by atoms with Crippen LogP contribution in [0.25, 0.3) is 0 Å². The van der Waals surface area contributed by atoms with E-state index in [4.69, 9.17) is 0 Å². The summed E-state index contributed by atoms with van der Waals surface area (Å²) in [6.45, 7) is 1.99. The number of ketones is 2. The molecule has 122 valence electrons. The first kappa shape index (κ1) is 14.9. The molecule has 0 fully saturated rings. The second-order valence-electron chi connectivity index (χ2n) is 6.64. The molecular weight excluding hydrogens is 308 g/mol. The van der Waals surface area contributed by atoms with Gasteiger partial charge in [-0.1, -0.05) is 19.1 Å². The van der Waals surface area contributed by atoms with Gasteiger partial charge in [-0.05, 0) is 42.0 Å². The Morgan fingerprint density at radius 2 is 1.75 bits per heavy atom. The highest BCUT2D eigenvalue weighted by Gasteiger charge is 2.39. The first-order chi connectivity index (χ1) is 11.4. The summed E-state index contributed by atoms with van der Waals surface area (Å²) in [7, 11) is 0. The largest absolute Gasteiger partial charge is 0.507 e. The first-order valence-corrected chi connectivity index (χ1v) is 7.88. The van der Waals surface area contributed by atoms with Gasteiger partial charge >= 0.3 is 0 Å². The summed E-state index contributed by atoms with van der Waals surface area (Å²) >= 11 is 0. The Balaban J connectivity index is 2.06. The Kier molecular flexibility index (Phi) is 3.05. The van der Waals surface area contributed by atoms with E-state index in [0.29, 0.717) is 24.0 Å². The van der Waals surface area contributed by atoms with Crippen molar-refractivity contribution in [3.63, 3.8) is 0 Å². The zero-order valence-corrected chi connectivity index (χ0v) is 13.0. The molecule has 0 aromatic heterocycles. The number of aliphatic hydroxyl groups excluding tert-OH is 1. The lowest BCUT2D eigenvalue weighted by molar-refractivity contribution is 0.0960. The Hall–Kier alpha value is -2.66. The molecule has 0 bridgehead atoms. The number of benzene rings is 2. The highest BCUT2D eigenvalue weighted by Crippen LogP contribution is 2.44. The number of phenols is 2. The van der Waals surface area contributed by atoms with E-state index in [9.17, 15) is 24.9 Å². The van der Waals surface area contributed by atoms with Crippen LogP contribution in [0.15, 0.2) is 24.3 Å². The van der Waals surface area contributed by atoms with Crippen LogP contribution in [-0.2, 0) is 6.42 Å². The van der Waals surface area contributed by atoms with Gasteiger partial charge in [-0.15, -0.1) is 0 Å². The van der Waals surface area contributed by atoms with Crippen molar-refractivity contribution in [2.75, 3.05) is 0 Å². The van der Waals surface area contributed by atoms with Crippen LogP contribution in [0.2, 0.25) is 0 Å². The molecule has 0 spiro atoms. The highest BCUT2D eigenvalue weighted by atomic mass is 16.3. The maximum atomic E-state index is 13.0. The third kappa shape index (κ3) is 1.85. The van der Waals surface area contributed by atoms with Gasteiger partial charge in [0.05, 0.1) is 17.2 Å². The Morgan fingerprint density at radius 3 is 2.50 bits per heavy atom. The Bertz CT molecular complexity index is 912. The second-order valence-corrected chi connectivity index (χ2v) is 6.64. The molecule has 2 atom stereocenters. The van der Waals surface area contributed by atoms with Crippen molar-refractivity contribution in [3.8, 4) is 11.5 Å². The number of rotatable bonds is 0. The van der Waals surface area contributed by atoms with Crippen molar-refractivity contribution >= 4 is 11.6 Å². The van der Waals surface area contributed by atoms with Gasteiger partial charge < -0.3 is 15.3 Å². The van der Waals surface area contributed by atoms with Crippen LogP contribution in [0.1, 0.15) is 62.4 Å². The average molecular weight is 324 g/mol. The van der Waals surface area contributed by atoms with Gasteiger partial charge in [-0.25, -0.2) is 0 Å². The van der Waals surface area contributed by atoms with E-state index >= 15 is 0 Å². The second kappa shape index (κ2) is 4.92. The van der Waals surface area contributed by atoms with E-state index in [1.165, 1.54) is 24.3 Å². The van der Waals surface area contributed by atoms with Crippen LogP contribution >= 0.6 is 0 Å². The third-order valence-electron chi connectivity index (χ3n) is 4.93. The fraction of sp³-hybridized carbons (Fsp3) is 0.263. The quantitative estimate of drug-likeness (QED) is 0.590. The summed E-state index contributed by atoms with van der Waals surface area (Å²) in [6, 6.07) is 5.77. The van der Waals surface area contributed by atoms with Crippen LogP contribution in [0.4, 0.5) is 0 Å². The van der Waals surface area contributed by atoms with Gasteiger partial charge in [0.2, 0.25) is 5.78 Å². The topological polar surface area (TPSA) is 94.8 Å². The molecule has 4 rings (SSSR count). The molecule has 5 nitrogen and oxygen atoms in total. The summed E-state index contributed by atoms with van der Waals surface area (Å²) < 4.78 is 0. The smallest absolute Gasteiger partial charge is 0.201 e. The summed E-state index contributed by atoms with van der Waals surface area (Å²) in [5, 5.41) is 30.8. The number of phenolic OH excluding ortho intramolecular Hbond substituents is 2. The number of hydrogen-bond donors (Lipinski definition) is 3. The Morgan fingerprint density at radius 1 is 1.00 bits per heavy atom. The summed E-state index contributed by atoms with van der Waals surface area (Å²) in [6.07, 6.45) is 0.272. The molecular formula is C19H16O5. The van der Waals surface area contributed by atoms with Crippen LogP contribution in [-0.4, -0.2) is 26.9 Å². The van der Waals surface area contributed by atoms with Crippen LogP contribution in [0.5, 0.6) is 11.5 Å². The fourth-order valence-electron chi connectivity index (χ4n) is 3.94. The zero-order chi connectivity index (χ0) is 17.2. The monoisotopic (exact) mass is 324 g/mol. The molecule has 3 N–H and O–H groups in total. The van der Waals surface area contributed by atoms with Crippen LogP contribution in [0, 0.1) is 5.92 Å². The molecule has 24 heavy (non-hydrogen) atoms. The van der Waals surface area contributed by atoms with Crippen molar-refractivity contribution in [2.45, 2.75) is 25.9 Å². The van der Waals surface area contributed by atoms with E-state index in [1.807, 2.05) is 6.92 Å². The maximum absolute atomic E-state index is 13.0. The van der Waals surface area contributed by atoms with Gasteiger partial charge in [0.25, 0.3) is 0 Å². The van der Waals surface area contributed by atoms with Gasteiger partial charge in [-0.2, -0.15) is 0 Å². The number of fused-ring (bicyclic) bond motifs is 4. The molecule has 2 aliphatic carbocycles. The summed E-state index contributed by atoms with van der Waals surface area (Å²) in [4.78, 5) is 25.8. The zero-order valence-electron chi connectivity index (χ0n) is 13.0. The molecule has 0 amide bonds. The lowest BCUT2D eigenvalue weighted by Gasteiger charge is -2.31. The van der Waals surface area contributed by atoms with E-state index in [-0.39, 0.29) is 39.7 Å². The van der Waals surface area contributed by atoms with E-state index in [0.717, 1.165) is 0 Å². The highest BCUT2D eigenvalue weighted by molar-refractivity contribution is 6.30. The molecule has 2 aromatic rings. The van der Waals surface area contributed by atoms with Crippen molar-refractivity contribution in [1.29, 1.82) is 0 Å². The minimum absolute atomic E-state index is 0.0764. The summed E-state index contributed by atoms with van der Waals surface area (Å²) in [5.74, 6) is -1.39. The standard InChI is InChI=1S/C19H16O5/c1-8-5-9-7-13(22)16-17(14(9)12(21)6-8)18(23)10-3-2-4-11(20)15(10)19(16)24/h2-4,7-8,12,20-22H,5-6H2,1H3. The number of carbonyl (C=O) groups is 2. The normalized spacial score (nSPS) is 21.9. The van der Waals surface area contributed by atoms with Gasteiger partial charge in [0.15, 0.2) is 5.78 Å². The molecule has 0 aliphatic heterocycles. The lowest BCUT2D eigenvalue weighted by atomic mass is 9.73. The van der Waals surface area contributed by atoms with Crippen molar-refractivity contribution in [1.82, 2.24) is 0 Å². The third-order valence-corrected chi connectivity index (χ3v) is 4.93. The van der Waals surface area contributed by atoms with Crippen LogP contribution in [0.3, 0.4) is 0 Å². The molecule has 2 aliphatic rings. The van der Waals surface area contributed by atoms with E-state index in [2.05, 4.69) is 0 Å². The van der Waals surface area contributed by atoms with Gasteiger partial charge in [0, 0.05) is 11.1 Å². The van der Waals surface area contributed by atoms with Crippen molar-refractivity contribution in [3.05, 3.63) is 57.6 Å². The van der Waals surface area contributed by atoms with Crippen molar-refractivity contribution < 1.29 is 24.9 Å². The molecule has 0 saturated heterocycles. The Labute approximate surface area is 138 Å². The van der Waals surface area contributed by atoms with Gasteiger partial charge in [0.1, 0.15) is 11.5 Å². The van der Waals surface area contributed by atoms with E-state index < -0.39 is 17.7 Å². The fourth-order valence-corrected chi connectivity index (χ4v) is 3.94. The summed E-state index contributed by atoms with van der Waals surface area (Å²) in [5.41, 5.74) is 1.10. The van der Waals surface area contributed by atoms with E-state index in [1.54, 1.807) is 0 Å². The first-order valence-electron chi connectivity index (χ1n) is 7.88. The number of aromatic hydroxyl groups is 2. The molecule has 5 heteroatoms. The molecule has 0 heterocycles. The predicted octanol–water partition coefficient (Wildman–Crippen LogP) is 2.49. The molecule has 0 saturated carbocycles. The van der Waals surface area contributed by atoms with Crippen molar-refractivity contribution in [2.24, 2.45) is 5.92 Å². The minimum atomic E-state index is -0.853. The molecule has 0 radical (unpaired) electrons. The minimum Gasteiger partial charge on any atom is -0.507 e. The molecule has 2 aromatic carbocycles. The number of aliphatic hydroxyl groups is 1. The lowest BCUT2D eigenvalue weighted by Crippen LogP contribution is -2.27. The molecule has 2 unspecified atom stereocenters. The number of hydrogen-bond acceptors (Lipinski definition) is 5.